The monoisotopic (exact) mass is 848 g/mol. The first-order valence-electron chi connectivity index (χ1n) is 16.8. The lowest BCUT2D eigenvalue weighted by atomic mass is 9.95. The lowest BCUT2D eigenvalue weighted by Gasteiger charge is -2.25. The Bertz CT molecular complexity index is 2410. The third-order valence-electron chi connectivity index (χ3n) is 8.48. The number of thiazole rings is 1. The Kier molecular flexibility index (Phi) is 11.8. The van der Waals surface area contributed by atoms with E-state index in [-0.39, 0.29) is 24.3 Å². The molecular weight excluding hydrogens is 811 g/mol. The molecule has 2 heterocycles. The van der Waals surface area contributed by atoms with Crippen LogP contribution in [-0.4, -0.2) is 50.5 Å². The summed E-state index contributed by atoms with van der Waals surface area (Å²) in [7, 11) is 2.85. The zero-order valence-corrected chi connectivity index (χ0v) is 32.7. The van der Waals surface area contributed by atoms with Crippen LogP contribution in [-0.2, 0) is 25.7 Å². The van der Waals surface area contributed by atoms with E-state index in [4.69, 9.17) is 33.4 Å². The summed E-state index contributed by atoms with van der Waals surface area (Å²) in [5.41, 5.74) is 2.64. The van der Waals surface area contributed by atoms with Crippen LogP contribution >= 0.6 is 33.9 Å². The van der Waals surface area contributed by atoms with E-state index in [9.17, 15) is 14.4 Å². The van der Waals surface area contributed by atoms with Crippen LogP contribution in [0.15, 0.2) is 93.9 Å². The minimum Gasteiger partial charge on any atom is -0.493 e. The van der Waals surface area contributed by atoms with E-state index in [0.29, 0.717) is 56.8 Å². The Morgan fingerprint density at radius 2 is 1.72 bits per heavy atom. The van der Waals surface area contributed by atoms with E-state index in [0.717, 1.165) is 25.5 Å². The number of nitrogens with zero attached hydrogens (tertiary/aromatic N) is 2. The molecule has 0 fully saturated rings. The molecule has 6 rings (SSSR count). The maximum atomic E-state index is 14.3. The zero-order chi connectivity index (χ0) is 37.6. The molecule has 53 heavy (non-hydrogen) atoms. The molecule has 1 aromatic heterocycles. The normalized spacial score (nSPS) is 14.0. The average Bonchev–Trinajstić information content (AvgIpc) is 3.46. The van der Waals surface area contributed by atoms with Gasteiger partial charge in [-0.3, -0.25) is 9.36 Å². The third-order valence-corrected chi connectivity index (χ3v) is 10.3. The molecule has 0 radical (unpaired) electrons. The number of rotatable bonds is 13. The number of carbonyl (C=O) groups excluding carboxylic acids is 2. The molecule has 11 nitrogen and oxygen atoms in total. The van der Waals surface area contributed by atoms with Crippen molar-refractivity contribution in [1.82, 2.24) is 4.57 Å². The van der Waals surface area contributed by atoms with Crippen molar-refractivity contribution in [2.45, 2.75) is 33.4 Å². The van der Waals surface area contributed by atoms with Crippen molar-refractivity contribution in [1.29, 1.82) is 0 Å². The molecule has 0 amide bonds. The number of halogens is 1. The molecule has 1 aliphatic heterocycles. The number of hydrogen-bond acceptors (Lipinski definition) is 11. The molecule has 0 saturated heterocycles. The summed E-state index contributed by atoms with van der Waals surface area (Å²) in [4.78, 5) is 44.7. The first-order chi connectivity index (χ1) is 25.7. The number of esters is 2. The molecule has 0 N–H and O–H groups in total. The van der Waals surface area contributed by atoms with Crippen molar-refractivity contribution >= 4 is 62.7 Å². The van der Waals surface area contributed by atoms with Gasteiger partial charge in [-0.25, -0.2) is 14.6 Å². The number of allylic oxidation sites excluding steroid dienone is 1. The molecule has 0 saturated carbocycles. The highest BCUT2D eigenvalue weighted by molar-refractivity contribution is 14.1. The lowest BCUT2D eigenvalue weighted by Crippen LogP contribution is -2.40. The Balaban J connectivity index is 1.40. The molecule has 0 aliphatic carbocycles. The van der Waals surface area contributed by atoms with Gasteiger partial charge in [0.05, 0.1) is 52.8 Å². The second-order valence-corrected chi connectivity index (χ2v) is 13.9. The number of aromatic nitrogens is 1. The Labute approximate surface area is 323 Å². The second-order valence-electron chi connectivity index (χ2n) is 11.8. The minimum absolute atomic E-state index is 0.138. The first-order valence-corrected chi connectivity index (χ1v) is 18.7. The predicted octanol–water partition coefficient (Wildman–Crippen LogP) is 6.09. The van der Waals surface area contributed by atoms with Gasteiger partial charge in [-0.15, -0.1) is 0 Å². The topological polar surface area (TPSA) is 124 Å². The van der Waals surface area contributed by atoms with Crippen molar-refractivity contribution in [3.63, 3.8) is 0 Å². The van der Waals surface area contributed by atoms with Crippen LogP contribution in [0.2, 0.25) is 0 Å². The molecule has 1 atom stereocenters. The van der Waals surface area contributed by atoms with Gasteiger partial charge in [0.25, 0.3) is 5.56 Å². The third kappa shape index (κ3) is 7.95. The van der Waals surface area contributed by atoms with Gasteiger partial charge in [-0.1, -0.05) is 59.9 Å². The summed E-state index contributed by atoms with van der Waals surface area (Å²) in [5.74, 6) is 0.613. The molecular formula is C40H37IN2O9S. The number of hydrogen-bond donors (Lipinski definition) is 0. The summed E-state index contributed by atoms with van der Waals surface area (Å²) in [5, 5.41) is 2.25. The maximum absolute atomic E-state index is 14.3. The van der Waals surface area contributed by atoms with Crippen molar-refractivity contribution in [3.05, 3.63) is 124 Å². The molecule has 13 heteroatoms. The van der Waals surface area contributed by atoms with Gasteiger partial charge >= 0.3 is 11.9 Å². The van der Waals surface area contributed by atoms with Crippen molar-refractivity contribution in [3.8, 4) is 23.0 Å². The number of benzene rings is 4. The highest BCUT2D eigenvalue weighted by Crippen LogP contribution is 2.37. The molecule has 0 unspecified atom stereocenters. The van der Waals surface area contributed by atoms with E-state index < -0.39 is 18.0 Å². The van der Waals surface area contributed by atoms with Crippen LogP contribution in [0.5, 0.6) is 23.0 Å². The maximum Gasteiger partial charge on any atom is 0.343 e. The molecule has 4 aromatic carbocycles. The van der Waals surface area contributed by atoms with Gasteiger partial charge in [0.15, 0.2) is 34.4 Å². The van der Waals surface area contributed by atoms with E-state index in [1.807, 2.05) is 43.3 Å². The molecule has 0 spiro atoms. The Hall–Kier alpha value is -5.15. The Morgan fingerprint density at radius 1 is 0.925 bits per heavy atom. The van der Waals surface area contributed by atoms with Crippen LogP contribution in [0.25, 0.3) is 16.8 Å². The highest BCUT2D eigenvalue weighted by Gasteiger charge is 2.34. The summed E-state index contributed by atoms with van der Waals surface area (Å²) < 4.78 is 36.5. The second kappa shape index (κ2) is 16.7. The van der Waals surface area contributed by atoms with Gasteiger partial charge in [-0.05, 0) is 101 Å². The van der Waals surface area contributed by atoms with Gasteiger partial charge in [-0.2, -0.15) is 0 Å². The van der Waals surface area contributed by atoms with Crippen LogP contribution in [0, 0.1) is 3.57 Å². The van der Waals surface area contributed by atoms with E-state index in [1.165, 1.54) is 23.0 Å². The predicted molar refractivity (Wildman–Crippen MR) is 210 cm³/mol. The number of ether oxygens (including phenoxy) is 6. The van der Waals surface area contributed by atoms with Crippen LogP contribution < -0.4 is 33.8 Å². The van der Waals surface area contributed by atoms with Crippen LogP contribution in [0.1, 0.15) is 43.5 Å². The van der Waals surface area contributed by atoms with E-state index in [2.05, 4.69) is 40.8 Å². The van der Waals surface area contributed by atoms with Gasteiger partial charge < -0.3 is 28.4 Å². The first kappa shape index (κ1) is 37.6. The smallest absolute Gasteiger partial charge is 0.343 e. The molecule has 5 aromatic rings. The average molecular weight is 849 g/mol. The highest BCUT2D eigenvalue weighted by atomic mass is 127. The standard InChI is InChI=1S/C40H37IN2O9S/c1-6-49-31-20-26(15-16-30(31)51-22-34(44)48-5)36-35(39(46)50-7-2)23(3)42-40-43(36)38(45)33(53-40)19-24-17-29(41)37(32(18-24)47-4)52-21-27-13-10-12-25-11-8-9-14-28(25)27/h8-20,36H,6-7,21-22H2,1-5H3/b33-19-/t36-/m1/s1. The number of carbonyl (C=O) groups is 2. The van der Waals surface area contributed by atoms with Crippen molar-refractivity contribution < 1.29 is 38.0 Å². The van der Waals surface area contributed by atoms with Crippen molar-refractivity contribution in [2.75, 3.05) is 34.0 Å². The number of fused-ring (bicyclic) bond motifs is 2. The zero-order valence-electron chi connectivity index (χ0n) is 29.8. The van der Waals surface area contributed by atoms with Gasteiger partial charge in [0.1, 0.15) is 6.61 Å². The molecule has 274 valence electrons. The van der Waals surface area contributed by atoms with Crippen LogP contribution in [0.4, 0.5) is 0 Å². The summed E-state index contributed by atoms with van der Waals surface area (Å²) >= 11 is 3.42. The minimum atomic E-state index is -0.888. The number of methoxy groups -OCH3 is 2. The van der Waals surface area contributed by atoms with Gasteiger partial charge in [0.2, 0.25) is 0 Å². The lowest BCUT2D eigenvalue weighted by molar-refractivity contribution is -0.143. The van der Waals surface area contributed by atoms with Crippen molar-refractivity contribution in [2.24, 2.45) is 4.99 Å². The summed E-state index contributed by atoms with van der Waals surface area (Å²) in [6.07, 6.45) is 1.78. The molecule has 1 aliphatic rings. The van der Waals surface area contributed by atoms with Gasteiger partial charge in [0, 0.05) is 0 Å². The SMILES string of the molecule is CCOC(=O)C1=C(C)N=c2s/c(=C\c3cc(I)c(OCc4cccc5ccccc45)c(OC)c3)c(=O)n2[C@@H]1c1ccc(OCC(=O)OC)c(OCC)c1. The largest absolute Gasteiger partial charge is 0.493 e. The summed E-state index contributed by atoms with van der Waals surface area (Å²) in [6.45, 7) is 5.71. The molecule has 0 bridgehead atoms. The van der Waals surface area contributed by atoms with E-state index >= 15 is 0 Å². The fraction of sp³-hybridized carbons (Fsp3) is 0.250. The fourth-order valence-corrected chi connectivity index (χ4v) is 7.90. The fourth-order valence-electron chi connectivity index (χ4n) is 6.07. The van der Waals surface area contributed by atoms with Crippen LogP contribution in [0.3, 0.4) is 0 Å². The quantitative estimate of drug-likeness (QED) is 0.102. The Morgan fingerprint density at radius 3 is 2.47 bits per heavy atom. The summed E-state index contributed by atoms with van der Waals surface area (Å²) in [6, 6.07) is 22.2. The van der Waals surface area contributed by atoms with E-state index in [1.54, 1.807) is 45.2 Å².